The molecule has 3 aromatic heterocycles. The zero-order chi connectivity index (χ0) is 32.7. The molecule has 1 saturated heterocycles. The van der Waals surface area contributed by atoms with Crippen molar-refractivity contribution >= 4 is 34.3 Å². The third-order valence-corrected chi connectivity index (χ3v) is 8.18. The third kappa shape index (κ3) is 5.82. The van der Waals surface area contributed by atoms with Crippen molar-refractivity contribution in [2.45, 2.75) is 33.4 Å². The number of primary amides is 1. The number of amides is 3. The van der Waals surface area contributed by atoms with Crippen LogP contribution < -0.4 is 16.6 Å². The number of carbonyl (C=O) groups excluding carboxylic acids is 3. The average molecular weight is 623 g/mol. The smallest absolute Gasteiger partial charge is 0.290 e. The van der Waals surface area contributed by atoms with Gasteiger partial charge in [0, 0.05) is 61.6 Å². The van der Waals surface area contributed by atoms with Crippen LogP contribution >= 0.6 is 0 Å². The fourth-order valence-corrected chi connectivity index (χ4v) is 5.85. The van der Waals surface area contributed by atoms with Crippen LogP contribution in [0.4, 0.5) is 5.69 Å². The summed E-state index contributed by atoms with van der Waals surface area (Å²) in [5, 5.41) is 3.68. The lowest BCUT2D eigenvalue weighted by molar-refractivity contribution is -0.142. The molecule has 236 valence electrons. The van der Waals surface area contributed by atoms with E-state index in [4.69, 9.17) is 15.0 Å². The van der Waals surface area contributed by atoms with Gasteiger partial charge in [-0.25, -0.2) is 4.98 Å². The molecule has 6 rings (SSSR count). The lowest BCUT2D eigenvalue weighted by Gasteiger charge is -2.38. The number of aromatic nitrogens is 3. The molecule has 0 bridgehead atoms. The molecule has 0 unspecified atom stereocenters. The Morgan fingerprint density at radius 1 is 1.04 bits per heavy atom. The number of aryl methyl sites for hydroxylation is 3. The molecule has 4 heterocycles. The first-order valence-electron chi connectivity index (χ1n) is 14.9. The first-order chi connectivity index (χ1) is 22.0. The number of hydrogen-bond acceptors (Lipinski definition) is 7. The third-order valence-electron chi connectivity index (χ3n) is 8.18. The van der Waals surface area contributed by atoms with Gasteiger partial charge in [-0.15, -0.1) is 0 Å². The molecule has 0 spiro atoms. The fourth-order valence-electron chi connectivity index (χ4n) is 5.85. The molecule has 2 aromatic carbocycles. The van der Waals surface area contributed by atoms with E-state index in [9.17, 15) is 19.2 Å². The number of carbonyl (C=O) groups is 3. The minimum atomic E-state index is -0.599. The van der Waals surface area contributed by atoms with E-state index in [1.165, 1.54) is 17.7 Å². The standard InChI is InChI=1S/C34H34N6O6/c1-19-14-25-16-28(22-8-10-23(11-9-22)29-20(2)46-38(4)34(29)44)40(12-13-45-27-17-39(18-27)21(3)41)31(25)30(36-19)33(43)37-26-7-5-6-24(15-26)32(35)42/h5-11,14-16,27H,12-13,17-18H2,1-4H3,(H2,35,42)(H,37,43). The van der Waals surface area contributed by atoms with Gasteiger partial charge in [-0.05, 0) is 55.3 Å². The van der Waals surface area contributed by atoms with Crippen molar-refractivity contribution in [3.63, 3.8) is 0 Å². The van der Waals surface area contributed by atoms with Crippen LogP contribution in [0.1, 0.15) is 39.2 Å². The molecular weight excluding hydrogens is 588 g/mol. The highest BCUT2D eigenvalue weighted by Crippen LogP contribution is 2.33. The van der Waals surface area contributed by atoms with E-state index in [1.807, 2.05) is 47.9 Å². The van der Waals surface area contributed by atoms with Gasteiger partial charge in [0.1, 0.15) is 5.76 Å². The Morgan fingerprint density at radius 2 is 1.76 bits per heavy atom. The quantitative estimate of drug-likeness (QED) is 0.253. The van der Waals surface area contributed by atoms with Crippen LogP contribution in [0.2, 0.25) is 0 Å². The Labute approximate surface area is 264 Å². The molecule has 1 aliphatic rings. The van der Waals surface area contributed by atoms with Crippen molar-refractivity contribution < 1.29 is 23.6 Å². The summed E-state index contributed by atoms with van der Waals surface area (Å²) in [6.07, 6.45) is -0.0602. The number of benzene rings is 2. The van der Waals surface area contributed by atoms with Gasteiger partial charge in [-0.2, -0.15) is 4.74 Å². The lowest BCUT2D eigenvalue weighted by Crippen LogP contribution is -2.54. The topological polar surface area (TPSA) is 155 Å². The summed E-state index contributed by atoms with van der Waals surface area (Å²) in [7, 11) is 1.58. The van der Waals surface area contributed by atoms with Gasteiger partial charge in [0.05, 0.1) is 23.8 Å². The molecule has 0 saturated carbocycles. The average Bonchev–Trinajstić information content (AvgIpc) is 3.48. The Balaban J connectivity index is 1.38. The van der Waals surface area contributed by atoms with Crippen molar-refractivity contribution in [3.05, 3.63) is 93.7 Å². The van der Waals surface area contributed by atoms with Crippen molar-refractivity contribution in [3.8, 4) is 22.4 Å². The Bertz CT molecular complexity index is 2050. The highest BCUT2D eigenvalue weighted by molar-refractivity contribution is 6.12. The maximum absolute atomic E-state index is 13.8. The second-order valence-electron chi connectivity index (χ2n) is 11.4. The highest BCUT2D eigenvalue weighted by Gasteiger charge is 2.29. The summed E-state index contributed by atoms with van der Waals surface area (Å²) in [6.45, 7) is 6.95. The molecule has 0 radical (unpaired) electrons. The molecule has 3 N–H and O–H groups in total. The predicted molar refractivity (Wildman–Crippen MR) is 172 cm³/mol. The number of likely N-dealkylation sites (tertiary alicyclic amines) is 1. The Kier molecular flexibility index (Phi) is 8.05. The largest absolute Gasteiger partial charge is 0.381 e. The van der Waals surface area contributed by atoms with Crippen molar-refractivity contribution in [1.29, 1.82) is 0 Å². The van der Waals surface area contributed by atoms with E-state index in [0.717, 1.165) is 22.2 Å². The number of hydrogen-bond donors (Lipinski definition) is 2. The normalized spacial score (nSPS) is 13.2. The molecule has 12 nitrogen and oxygen atoms in total. The van der Waals surface area contributed by atoms with E-state index in [-0.39, 0.29) is 28.8 Å². The van der Waals surface area contributed by atoms with Gasteiger partial charge in [0.15, 0.2) is 5.69 Å². The van der Waals surface area contributed by atoms with Gasteiger partial charge in [0.25, 0.3) is 11.5 Å². The van der Waals surface area contributed by atoms with Crippen LogP contribution in [0, 0.1) is 13.8 Å². The van der Waals surface area contributed by atoms with E-state index >= 15 is 0 Å². The molecule has 1 fully saturated rings. The number of rotatable bonds is 9. The van der Waals surface area contributed by atoms with Crippen molar-refractivity contribution in [1.82, 2.24) is 19.2 Å². The Morgan fingerprint density at radius 3 is 2.41 bits per heavy atom. The summed E-state index contributed by atoms with van der Waals surface area (Å²) < 4.78 is 14.8. The second-order valence-corrected chi connectivity index (χ2v) is 11.4. The number of nitrogens with one attached hydrogen (secondary N) is 1. The van der Waals surface area contributed by atoms with Crippen molar-refractivity contribution in [2.24, 2.45) is 12.8 Å². The molecular formula is C34H34N6O6. The summed E-state index contributed by atoms with van der Waals surface area (Å²) in [5.41, 5.74) is 10.3. The maximum atomic E-state index is 13.8. The van der Waals surface area contributed by atoms with Crippen LogP contribution in [-0.2, 0) is 23.1 Å². The van der Waals surface area contributed by atoms with Crippen molar-refractivity contribution in [2.75, 3.05) is 25.0 Å². The van der Waals surface area contributed by atoms with Gasteiger partial charge in [0.2, 0.25) is 11.8 Å². The minimum absolute atomic E-state index is 0.0175. The number of ether oxygens (including phenoxy) is 1. The number of fused-ring (bicyclic) bond motifs is 1. The van der Waals surface area contributed by atoms with E-state index in [2.05, 4.69) is 10.3 Å². The van der Waals surface area contributed by atoms with E-state index in [1.54, 1.807) is 37.1 Å². The molecule has 3 amide bonds. The summed E-state index contributed by atoms with van der Waals surface area (Å²) in [6, 6.07) is 18.0. The van der Waals surface area contributed by atoms with Crippen LogP contribution in [0.5, 0.6) is 0 Å². The van der Waals surface area contributed by atoms with Gasteiger partial charge < -0.3 is 29.8 Å². The predicted octanol–water partition coefficient (Wildman–Crippen LogP) is 3.88. The van der Waals surface area contributed by atoms with Crippen LogP contribution in [-0.4, -0.2) is 62.7 Å². The second kappa shape index (κ2) is 12.1. The number of anilines is 1. The number of nitrogens with zero attached hydrogens (tertiary/aromatic N) is 4. The first-order valence-corrected chi connectivity index (χ1v) is 14.9. The molecule has 0 atom stereocenters. The zero-order valence-corrected chi connectivity index (χ0v) is 26.0. The summed E-state index contributed by atoms with van der Waals surface area (Å²) >= 11 is 0. The molecule has 1 aliphatic heterocycles. The van der Waals surface area contributed by atoms with E-state index in [0.29, 0.717) is 54.5 Å². The minimum Gasteiger partial charge on any atom is -0.381 e. The zero-order valence-electron chi connectivity index (χ0n) is 26.0. The summed E-state index contributed by atoms with van der Waals surface area (Å²) in [4.78, 5) is 56.1. The lowest BCUT2D eigenvalue weighted by atomic mass is 10.0. The molecule has 12 heteroatoms. The van der Waals surface area contributed by atoms with Crippen LogP contribution in [0.25, 0.3) is 33.3 Å². The monoisotopic (exact) mass is 622 g/mol. The first kappa shape index (κ1) is 30.5. The number of nitrogens with two attached hydrogens (primary N) is 1. The summed E-state index contributed by atoms with van der Waals surface area (Å²) in [5.74, 6) is -0.494. The van der Waals surface area contributed by atoms with Crippen LogP contribution in [0.15, 0.2) is 70.0 Å². The van der Waals surface area contributed by atoms with E-state index < -0.39 is 11.8 Å². The van der Waals surface area contributed by atoms with Gasteiger partial charge in [-0.3, -0.25) is 19.2 Å². The number of pyridine rings is 1. The highest BCUT2D eigenvalue weighted by atomic mass is 16.5. The maximum Gasteiger partial charge on any atom is 0.290 e. The van der Waals surface area contributed by atoms with Gasteiger partial charge >= 0.3 is 0 Å². The van der Waals surface area contributed by atoms with Crippen LogP contribution in [0.3, 0.4) is 0 Å². The Hall–Kier alpha value is -5.49. The molecule has 0 aliphatic carbocycles. The fraction of sp³-hybridized carbons (Fsp3) is 0.265. The molecule has 46 heavy (non-hydrogen) atoms. The molecule has 5 aromatic rings. The van der Waals surface area contributed by atoms with Gasteiger partial charge in [-0.1, -0.05) is 30.3 Å². The SMILES string of the molecule is CC(=O)N1CC(OCCn2c(-c3ccc(-c4c(C)on(C)c4=O)cc3)cc3cc(C)nc(C(=O)Nc4cccc(C(N)=O)c4)c32)C1.